The smallest absolute Gasteiger partial charge is 0.0378 e. The molecule has 0 atom stereocenters. The maximum atomic E-state index is 3.54. The van der Waals surface area contributed by atoms with Gasteiger partial charge in [0.15, 0.2) is 0 Å². The molecule has 2 heteroatoms. The SMILES string of the molecule is CCCC(C)(C)NN(C)Cc1ccccc1. The monoisotopic (exact) mass is 220 g/mol. The Balaban J connectivity index is 2.44. The molecule has 1 aromatic carbocycles. The molecule has 16 heavy (non-hydrogen) atoms. The van der Waals surface area contributed by atoms with Crippen LogP contribution in [-0.2, 0) is 6.54 Å². The fraction of sp³-hybridized carbons (Fsp3) is 0.571. The van der Waals surface area contributed by atoms with Gasteiger partial charge in [-0.15, -0.1) is 0 Å². The zero-order valence-corrected chi connectivity index (χ0v) is 11.0. The third kappa shape index (κ3) is 4.77. The number of nitrogens with zero attached hydrogens (tertiary/aromatic N) is 1. The van der Waals surface area contributed by atoms with Gasteiger partial charge in [-0.1, -0.05) is 43.7 Å². The van der Waals surface area contributed by atoms with Crippen LogP contribution in [0.2, 0.25) is 0 Å². The Kier molecular flexibility index (Phi) is 4.97. The average molecular weight is 220 g/mol. The van der Waals surface area contributed by atoms with Gasteiger partial charge in [0.25, 0.3) is 0 Å². The van der Waals surface area contributed by atoms with Crippen molar-refractivity contribution >= 4 is 0 Å². The Morgan fingerprint density at radius 1 is 1.19 bits per heavy atom. The van der Waals surface area contributed by atoms with Gasteiger partial charge in [-0.2, -0.15) is 0 Å². The van der Waals surface area contributed by atoms with E-state index in [4.69, 9.17) is 0 Å². The topological polar surface area (TPSA) is 15.3 Å². The molecular weight excluding hydrogens is 196 g/mol. The highest BCUT2D eigenvalue weighted by molar-refractivity contribution is 5.14. The van der Waals surface area contributed by atoms with E-state index < -0.39 is 0 Å². The summed E-state index contributed by atoms with van der Waals surface area (Å²) in [5.74, 6) is 0. The van der Waals surface area contributed by atoms with Crippen LogP contribution in [0, 0.1) is 0 Å². The average Bonchev–Trinajstić information content (AvgIpc) is 2.17. The largest absolute Gasteiger partial charge is 0.250 e. The molecule has 0 fully saturated rings. The maximum Gasteiger partial charge on any atom is 0.0378 e. The molecule has 0 saturated carbocycles. The zero-order valence-electron chi connectivity index (χ0n) is 11.0. The summed E-state index contributed by atoms with van der Waals surface area (Å²) in [7, 11) is 2.10. The Morgan fingerprint density at radius 2 is 1.81 bits per heavy atom. The summed E-state index contributed by atoms with van der Waals surface area (Å²) in [6.07, 6.45) is 2.39. The minimum absolute atomic E-state index is 0.179. The second-order valence-corrected chi connectivity index (χ2v) is 5.09. The molecule has 0 heterocycles. The summed E-state index contributed by atoms with van der Waals surface area (Å²) in [5, 5.41) is 2.17. The predicted octanol–water partition coefficient (Wildman–Crippen LogP) is 3.20. The summed E-state index contributed by atoms with van der Waals surface area (Å²) in [4.78, 5) is 0. The van der Waals surface area contributed by atoms with Crippen LogP contribution in [-0.4, -0.2) is 17.6 Å². The fourth-order valence-electron chi connectivity index (χ4n) is 2.09. The van der Waals surface area contributed by atoms with Crippen molar-refractivity contribution in [3.8, 4) is 0 Å². The van der Waals surface area contributed by atoms with Crippen LogP contribution in [0.5, 0.6) is 0 Å². The Morgan fingerprint density at radius 3 is 2.38 bits per heavy atom. The number of hydrogen-bond donors (Lipinski definition) is 1. The Labute approximate surface area is 99.6 Å². The molecule has 0 radical (unpaired) electrons. The lowest BCUT2D eigenvalue weighted by Crippen LogP contribution is -2.48. The summed E-state index contributed by atoms with van der Waals surface area (Å²) in [5.41, 5.74) is 5.06. The van der Waals surface area contributed by atoms with Crippen molar-refractivity contribution in [2.45, 2.75) is 45.7 Å². The second kappa shape index (κ2) is 6.02. The molecule has 0 aromatic heterocycles. The van der Waals surface area contributed by atoms with Crippen LogP contribution in [0.1, 0.15) is 39.2 Å². The first-order valence-corrected chi connectivity index (χ1v) is 6.06. The van der Waals surface area contributed by atoms with Gasteiger partial charge in [-0.25, -0.2) is 10.4 Å². The molecule has 0 unspecified atom stereocenters. The molecule has 0 aliphatic carbocycles. The van der Waals surface area contributed by atoms with Gasteiger partial charge in [0.1, 0.15) is 0 Å². The maximum absolute atomic E-state index is 3.54. The molecule has 0 bridgehead atoms. The summed E-state index contributed by atoms with van der Waals surface area (Å²) >= 11 is 0. The number of nitrogens with one attached hydrogen (secondary N) is 1. The minimum atomic E-state index is 0.179. The minimum Gasteiger partial charge on any atom is -0.250 e. The van der Waals surface area contributed by atoms with Crippen molar-refractivity contribution in [1.82, 2.24) is 10.4 Å². The lowest BCUT2D eigenvalue weighted by Gasteiger charge is -2.32. The van der Waals surface area contributed by atoms with Crippen LogP contribution in [0.3, 0.4) is 0 Å². The molecule has 0 spiro atoms. The van der Waals surface area contributed by atoms with E-state index in [2.05, 4.69) is 68.6 Å². The Hall–Kier alpha value is -0.860. The summed E-state index contributed by atoms with van der Waals surface area (Å²) < 4.78 is 0. The van der Waals surface area contributed by atoms with E-state index in [-0.39, 0.29) is 5.54 Å². The van der Waals surface area contributed by atoms with Crippen LogP contribution in [0.15, 0.2) is 30.3 Å². The van der Waals surface area contributed by atoms with Gasteiger partial charge in [0.2, 0.25) is 0 Å². The van der Waals surface area contributed by atoms with E-state index in [1.807, 2.05) is 0 Å². The van der Waals surface area contributed by atoms with E-state index in [0.717, 1.165) is 6.54 Å². The van der Waals surface area contributed by atoms with Gasteiger partial charge < -0.3 is 0 Å². The number of hydrazine groups is 1. The quantitative estimate of drug-likeness (QED) is 0.741. The third-order valence-corrected chi connectivity index (χ3v) is 2.63. The lowest BCUT2D eigenvalue weighted by atomic mass is 10.0. The molecule has 1 N–H and O–H groups in total. The van der Waals surface area contributed by atoms with Crippen LogP contribution in [0.25, 0.3) is 0 Å². The first kappa shape index (κ1) is 13.2. The van der Waals surface area contributed by atoms with Crippen molar-refractivity contribution < 1.29 is 0 Å². The molecule has 2 nitrogen and oxygen atoms in total. The molecule has 1 rings (SSSR count). The molecular formula is C14H24N2. The Bertz CT molecular complexity index is 293. The van der Waals surface area contributed by atoms with Crippen molar-refractivity contribution in [3.05, 3.63) is 35.9 Å². The van der Waals surface area contributed by atoms with Gasteiger partial charge >= 0.3 is 0 Å². The highest BCUT2D eigenvalue weighted by Crippen LogP contribution is 2.12. The van der Waals surface area contributed by atoms with Gasteiger partial charge in [0.05, 0.1) is 0 Å². The van der Waals surface area contributed by atoms with Crippen LogP contribution in [0.4, 0.5) is 0 Å². The van der Waals surface area contributed by atoms with Gasteiger partial charge in [-0.3, -0.25) is 0 Å². The van der Waals surface area contributed by atoms with Gasteiger partial charge in [-0.05, 0) is 25.8 Å². The molecule has 0 aliphatic heterocycles. The standard InChI is InChI=1S/C14H24N2/c1-5-11-14(2,3)15-16(4)12-13-9-7-6-8-10-13/h6-10,15H,5,11-12H2,1-4H3. The first-order chi connectivity index (χ1) is 7.53. The number of rotatable bonds is 6. The van der Waals surface area contributed by atoms with Crippen LogP contribution < -0.4 is 5.43 Å². The van der Waals surface area contributed by atoms with E-state index in [9.17, 15) is 0 Å². The highest BCUT2D eigenvalue weighted by Gasteiger charge is 2.17. The lowest BCUT2D eigenvalue weighted by molar-refractivity contribution is 0.136. The second-order valence-electron chi connectivity index (χ2n) is 5.09. The van der Waals surface area contributed by atoms with E-state index in [1.165, 1.54) is 18.4 Å². The zero-order chi connectivity index (χ0) is 12.0. The molecule has 1 aromatic rings. The van der Waals surface area contributed by atoms with Crippen LogP contribution >= 0.6 is 0 Å². The summed E-state index contributed by atoms with van der Waals surface area (Å²) in [6.45, 7) is 7.66. The van der Waals surface area contributed by atoms with E-state index in [1.54, 1.807) is 0 Å². The van der Waals surface area contributed by atoms with Gasteiger partial charge in [0, 0.05) is 19.1 Å². The normalized spacial score (nSPS) is 12.1. The molecule has 0 saturated heterocycles. The van der Waals surface area contributed by atoms with E-state index >= 15 is 0 Å². The fourth-order valence-corrected chi connectivity index (χ4v) is 2.09. The predicted molar refractivity (Wildman–Crippen MR) is 70.0 cm³/mol. The van der Waals surface area contributed by atoms with E-state index in [0.29, 0.717) is 0 Å². The highest BCUT2D eigenvalue weighted by atomic mass is 15.5. The number of benzene rings is 1. The number of hydrogen-bond acceptors (Lipinski definition) is 2. The molecule has 0 aliphatic rings. The molecule has 90 valence electrons. The third-order valence-electron chi connectivity index (χ3n) is 2.63. The van der Waals surface area contributed by atoms with Crippen molar-refractivity contribution in [1.29, 1.82) is 0 Å². The van der Waals surface area contributed by atoms with Crippen molar-refractivity contribution in [2.75, 3.05) is 7.05 Å². The van der Waals surface area contributed by atoms with Crippen molar-refractivity contribution in [2.24, 2.45) is 0 Å². The first-order valence-electron chi connectivity index (χ1n) is 6.06. The van der Waals surface area contributed by atoms with Crippen molar-refractivity contribution in [3.63, 3.8) is 0 Å². The summed E-state index contributed by atoms with van der Waals surface area (Å²) in [6, 6.07) is 10.5. The molecule has 0 amide bonds.